The summed E-state index contributed by atoms with van der Waals surface area (Å²) in [5.74, 6) is 0. The molecule has 0 saturated carbocycles. The number of nitrogens with zero attached hydrogens (tertiary/aromatic N) is 2. The summed E-state index contributed by atoms with van der Waals surface area (Å²) in [5, 5.41) is 0.0591. The van der Waals surface area contributed by atoms with Gasteiger partial charge in [0.25, 0.3) is 15.6 Å². The first-order valence-corrected chi connectivity index (χ1v) is 10.2. The van der Waals surface area contributed by atoms with Crippen LogP contribution in [0.2, 0.25) is 5.02 Å². The molecule has 9 heteroatoms. The summed E-state index contributed by atoms with van der Waals surface area (Å²) < 4.78 is 31.5. The molecule has 0 bridgehead atoms. The van der Waals surface area contributed by atoms with Crippen molar-refractivity contribution in [2.75, 3.05) is 4.72 Å². The molecule has 0 radical (unpaired) electrons. The molecule has 136 valence electrons. The maximum atomic E-state index is 12.8. The number of sulfonamides is 1. The summed E-state index contributed by atoms with van der Waals surface area (Å²) in [6.45, 7) is 1.67. The fourth-order valence-electron chi connectivity index (χ4n) is 2.57. The first-order valence-electron chi connectivity index (χ1n) is 7.54. The Hall–Kier alpha value is -2.03. The Bertz CT molecular complexity index is 1140. The zero-order chi connectivity index (χ0) is 19.1. The predicted octanol–water partition coefficient (Wildman–Crippen LogP) is 3.70. The van der Waals surface area contributed by atoms with Crippen LogP contribution in [0.1, 0.15) is 5.69 Å². The van der Waals surface area contributed by atoms with E-state index in [-0.39, 0.29) is 15.6 Å². The van der Waals surface area contributed by atoms with Crippen LogP contribution in [-0.2, 0) is 17.1 Å². The molecule has 0 fully saturated rings. The topological polar surface area (TPSA) is 73.1 Å². The first kappa shape index (κ1) is 18.8. The SMILES string of the molecule is Cc1c(NS(=O)(=O)c2ccc(Br)cc2Cl)c(=O)n(-c2ccccc2)n1C. The van der Waals surface area contributed by atoms with E-state index >= 15 is 0 Å². The van der Waals surface area contributed by atoms with E-state index in [0.29, 0.717) is 15.9 Å². The van der Waals surface area contributed by atoms with Crippen molar-refractivity contribution in [1.29, 1.82) is 0 Å². The van der Waals surface area contributed by atoms with E-state index in [9.17, 15) is 13.2 Å². The van der Waals surface area contributed by atoms with Crippen molar-refractivity contribution < 1.29 is 8.42 Å². The highest BCUT2D eigenvalue weighted by molar-refractivity contribution is 9.10. The monoisotopic (exact) mass is 455 g/mol. The van der Waals surface area contributed by atoms with Gasteiger partial charge in [-0.25, -0.2) is 13.1 Å². The van der Waals surface area contributed by atoms with E-state index in [4.69, 9.17) is 11.6 Å². The third-order valence-electron chi connectivity index (χ3n) is 3.97. The Kier molecular flexibility index (Phi) is 5.01. The standard InChI is InChI=1S/C17H15BrClN3O3S/c1-11-16(17(23)22(21(11)2)13-6-4-3-5-7-13)20-26(24,25)15-9-8-12(18)10-14(15)19/h3-10,20H,1-2H3. The summed E-state index contributed by atoms with van der Waals surface area (Å²) >= 11 is 9.29. The molecule has 3 rings (SSSR count). The molecule has 1 aromatic heterocycles. The van der Waals surface area contributed by atoms with E-state index in [1.165, 1.54) is 16.8 Å². The van der Waals surface area contributed by atoms with Crippen molar-refractivity contribution in [2.45, 2.75) is 11.8 Å². The van der Waals surface area contributed by atoms with Gasteiger partial charge in [0.2, 0.25) is 0 Å². The maximum absolute atomic E-state index is 12.8. The van der Waals surface area contributed by atoms with Crippen molar-refractivity contribution in [1.82, 2.24) is 9.36 Å². The van der Waals surface area contributed by atoms with Crippen molar-refractivity contribution in [3.8, 4) is 5.69 Å². The zero-order valence-electron chi connectivity index (χ0n) is 13.9. The largest absolute Gasteiger partial charge is 0.296 e. The maximum Gasteiger partial charge on any atom is 0.296 e. The summed E-state index contributed by atoms with van der Waals surface area (Å²) in [5.41, 5.74) is 0.634. The Morgan fingerprint density at radius 1 is 1.12 bits per heavy atom. The zero-order valence-corrected chi connectivity index (χ0v) is 17.1. The number of benzene rings is 2. The minimum absolute atomic E-state index is 0.0182. The van der Waals surface area contributed by atoms with Gasteiger partial charge in [0, 0.05) is 11.5 Å². The molecule has 6 nitrogen and oxygen atoms in total. The third-order valence-corrected chi connectivity index (χ3v) is 6.30. The average Bonchev–Trinajstić information content (AvgIpc) is 2.78. The minimum Gasteiger partial charge on any atom is -0.283 e. The van der Waals surface area contributed by atoms with Crippen molar-refractivity contribution >= 4 is 43.2 Å². The number of para-hydroxylation sites is 1. The molecule has 2 aromatic carbocycles. The highest BCUT2D eigenvalue weighted by atomic mass is 79.9. The lowest BCUT2D eigenvalue weighted by Crippen LogP contribution is -2.23. The number of aromatic nitrogens is 2. The average molecular weight is 457 g/mol. The van der Waals surface area contributed by atoms with Gasteiger partial charge < -0.3 is 0 Å². The highest BCUT2D eigenvalue weighted by Crippen LogP contribution is 2.27. The molecule has 1 heterocycles. The fourth-order valence-corrected chi connectivity index (χ4v) is 4.72. The number of hydrogen-bond donors (Lipinski definition) is 1. The quantitative estimate of drug-likeness (QED) is 0.650. The van der Waals surface area contributed by atoms with E-state index in [1.54, 1.807) is 49.0 Å². The van der Waals surface area contributed by atoms with Crippen molar-refractivity contribution in [2.24, 2.45) is 7.05 Å². The van der Waals surface area contributed by atoms with E-state index in [2.05, 4.69) is 20.7 Å². The Labute approximate surface area is 164 Å². The molecular formula is C17H15BrClN3O3S. The predicted molar refractivity (Wildman–Crippen MR) is 106 cm³/mol. The van der Waals surface area contributed by atoms with E-state index in [1.807, 2.05) is 6.07 Å². The van der Waals surface area contributed by atoms with Crippen LogP contribution in [0, 0.1) is 6.92 Å². The summed E-state index contributed by atoms with van der Waals surface area (Å²) in [4.78, 5) is 12.7. The molecule has 0 spiro atoms. The van der Waals surface area contributed by atoms with Crippen LogP contribution in [0.4, 0.5) is 5.69 Å². The van der Waals surface area contributed by atoms with Crippen molar-refractivity contribution in [3.05, 3.63) is 74.1 Å². The van der Waals surface area contributed by atoms with Crippen LogP contribution in [0.3, 0.4) is 0 Å². The molecule has 0 aliphatic rings. The number of nitrogens with one attached hydrogen (secondary N) is 1. The molecule has 0 saturated heterocycles. The van der Waals surface area contributed by atoms with Gasteiger partial charge >= 0.3 is 0 Å². The van der Waals surface area contributed by atoms with Gasteiger partial charge in [-0.2, -0.15) is 0 Å². The van der Waals surface area contributed by atoms with Gasteiger partial charge in [-0.05, 0) is 37.3 Å². The van der Waals surface area contributed by atoms with Gasteiger partial charge in [-0.1, -0.05) is 45.7 Å². The van der Waals surface area contributed by atoms with Crippen LogP contribution in [0.5, 0.6) is 0 Å². The second-order valence-electron chi connectivity index (χ2n) is 5.62. The highest BCUT2D eigenvalue weighted by Gasteiger charge is 2.24. The van der Waals surface area contributed by atoms with Crippen LogP contribution in [-0.4, -0.2) is 17.8 Å². The molecule has 3 aromatic rings. The van der Waals surface area contributed by atoms with Crippen LogP contribution >= 0.6 is 27.5 Å². The second kappa shape index (κ2) is 6.94. The van der Waals surface area contributed by atoms with Gasteiger partial charge in [0.05, 0.1) is 16.4 Å². The van der Waals surface area contributed by atoms with Crippen LogP contribution in [0.25, 0.3) is 5.69 Å². The molecule has 0 unspecified atom stereocenters. The Morgan fingerprint density at radius 2 is 1.77 bits per heavy atom. The summed E-state index contributed by atoms with van der Waals surface area (Å²) in [7, 11) is -2.33. The van der Waals surface area contributed by atoms with Crippen LogP contribution < -0.4 is 10.3 Å². The Morgan fingerprint density at radius 3 is 2.38 bits per heavy atom. The van der Waals surface area contributed by atoms with Crippen molar-refractivity contribution in [3.63, 3.8) is 0 Å². The lowest BCUT2D eigenvalue weighted by molar-refractivity contribution is 0.601. The number of halogens is 2. The number of hydrogen-bond acceptors (Lipinski definition) is 3. The van der Waals surface area contributed by atoms with Gasteiger partial charge in [-0.3, -0.25) is 14.2 Å². The normalized spacial score (nSPS) is 11.5. The fraction of sp³-hybridized carbons (Fsp3) is 0.118. The third kappa shape index (κ3) is 3.32. The van der Waals surface area contributed by atoms with E-state index < -0.39 is 15.6 Å². The lowest BCUT2D eigenvalue weighted by Gasteiger charge is -2.08. The first-order chi connectivity index (χ1) is 12.2. The summed E-state index contributed by atoms with van der Waals surface area (Å²) in [6.07, 6.45) is 0. The molecule has 0 atom stereocenters. The summed E-state index contributed by atoms with van der Waals surface area (Å²) in [6, 6.07) is 13.4. The molecule has 0 amide bonds. The van der Waals surface area contributed by atoms with Gasteiger partial charge in [0.15, 0.2) is 0 Å². The smallest absolute Gasteiger partial charge is 0.283 e. The van der Waals surface area contributed by atoms with Gasteiger partial charge in [-0.15, -0.1) is 0 Å². The lowest BCUT2D eigenvalue weighted by atomic mass is 10.3. The number of rotatable bonds is 4. The molecule has 0 aliphatic heterocycles. The number of anilines is 1. The Balaban J connectivity index is 2.10. The van der Waals surface area contributed by atoms with Gasteiger partial charge in [0.1, 0.15) is 10.6 Å². The molecular weight excluding hydrogens is 442 g/mol. The minimum atomic E-state index is -4.02. The molecule has 26 heavy (non-hydrogen) atoms. The van der Waals surface area contributed by atoms with E-state index in [0.717, 1.165) is 0 Å². The molecule has 0 aliphatic carbocycles. The molecule has 1 N–H and O–H groups in total. The second-order valence-corrected chi connectivity index (χ2v) is 8.59. The van der Waals surface area contributed by atoms with Crippen LogP contribution in [0.15, 0.2) is 62.7 Å².